The third-order valence-corrected chi connectivity index (χ3v) is 2.54. The largest absolute Gasteiger partial charge is 0.377 e. The van der Waals surface area contributed by atoms with E-state index >= 15 is 0 Å². The first-order valence-electron chi connectivity index (χ1n) is 4.64. The topological polar surface area (TPSA) is 80.0 Å². The summed E-state index contributed by atoms with van der Waals surface area (Å²) in [6, 6.07) is -0.485. The summed E-state index contributed by atoms with van der Waals surface area (Å²) in [4.78, 5) is 10.8. The molecule has 0 bridgehead atoms. The normalized spacial score (nSPS) is 41.5. The Kier molecular flexibility index (Phi) is 4.62. The van der Waals surface area contributed by atoms with Crippen molar-refractivity contribution < 1.29 is 23.7 Å². The first kappa shape index (κ1) is 12.5. The van der Waals surface area contributed by atoms with Crippen molar-refractivity contribution in [2.24, 2.45) is 5.73 Å². The van der Waals surface area contributed by atoms with Crippen molar-refractivity contribution in [1.82, 2.24) is 0 Å². The van der Waals surface area contributed by atoms with Gasteiger partial charge in [0.05, 0.1) is 6.04 Å². The molecule has 5 atom stereocenters. The van der Waals surface area contributed by atoms with Crippen LogP contribution in [-0.4, -0.2) is 58.3 Å². The van der Waals surface area contributed by atoms with Gasteiger partial charge in [0.1, 0.15) is 18.3 Å². The Balaban J connectivity index is 2.83. The lowest BCUT2D eigenvalue weighted by molar-refractivity contribution is -0.251. The minimum absolute atomic E-state index is 0.427. The number of aldehydes is 1. The molecule has 0 spiro atoms. The van der Waals surface area contributed by atoms with Crippen LogP contribution < -0.4 is 5.73 Å². The fraction of sp³-hybridized carbons (Fsp3) is 0.889. The molecule has 0 aliphatic carbocycles. The van der Waals surface area contributed by atoms with Gasteiger partial charge in [-0.25, -0.2) is 0 Å². The highest BCUT2D eigenvalue weighted by Crippen LogP contribution is 2.23. The molecule has 5 unspecified atom stereocenters. The monoisotopic (exact) mass is 219 g/mol. The summed E-state index contributed by atoms with van der Waals surface area (Å²) < 4.78 is 20.7. The maximum Gasteiger partial charge on any atom is 0.175 e. The number of methoxy groups -OCH3 is 3. The highest BCUT2D eigenvalue weighted by atomic mass is 16.7. The number of hydrogen-bond donors (Lipinski definition) is 1. The van der Waals surface area contributed by atoms with E-state index in [2.05, 4.69) is 0 Å². The van der Waals surface area contributed by atoms with Crippen LogP contribution >= 0.6 is 0 Å². The molecule has 1 fully saturated rings. The number of nitrogens with two attached hydrogens (primary N) is 1. The Morgan fingerprint density at radius 3 is 2.13 bits per heavy atom. The lowest BCUT2D eigenvalue weighted by Gasteiger charge is -2.41. The minimum Gasteiger partial charge on any atom is -0.377 e. The lowest BCUT2D eigenvalue weighted by atomic mass is 9.97. The molecular weight excluding hydrogens is 202 g/mol. The molecule has 2 N–H and O–H groups in total. The van der Waals surface area contributed by atoms with Crippen molar-refractivity contribution >= 4 is 6.29 Å². The summed E-state index contributed by atoms with van der Waals surface area (Å²) in [5, 5.41) is 0. The van der Waals surface area contributed by atoms with E-state index in [1.54, 1.807) is 0 Å². The molecule has 1 aliphatic rings. The SMILES string of the molecule is COC1OC(C=O)C(OC)C(OC)C1N. The van der Waals surface area contributed by atoms with Gasteiger partial charge in [0.2, 0.25) is 0 Å². The van der Waals surface area contributed by atoms with E-state index in [-0.39, 0.29) is 0 Å². The third kappa shape index (κ3) is 2.35. The van der Waals surface area contributed by atoms with E-state index in [0.717, 1.165) is 0 Å². The van der Waals surface area contributed by atoms with Gasteiger partial charge in [0, 0.05) is 21.3 Å². The summed E-state index contributed by atoms with van der Waals surface area (Å²) in [5.41, 5.74) is 5.86. The molecule has 1 rings (SSSR count). The fourth-order valence-electron chi connectivity index (χ4n) is 1.77. The molecule has 6 heteroatoms. The zero-order chi connectivity index (χ0) is 11.4. The van der Waals surface area contributed by atoms with Gasteiger partial charge in [-0.15, -0.1) is 0 Å². The van der Waals surface area contributed by atoms with Gasteiger partial charge < -0.3 is 29.5 Å². The van der Waals surface area contributed by atoms with Gasteiger partial charge in [0.15, 0.2) is 12.6 Å². The second-order valence-corrected chi connectivity index (χ2v) is 3.32. The van der Waals surface area contributed by atoms with E-state index in [1.807, 2.05) is 0 Å². The Bertz CT molecular complexity index is 213. The van der Waals surface area contributed by atoms with Crippen LogP contribution in [0.3, 0.4) is 0 Å². The minimum atomic E-state index is -0.718. The highest BCUT2D eigenvalue weighted by Gasteiger charge is 2.45. The molecule has 0 radical (unpaired) electrons. The Morgan fingerprint density at radius 1 is 1.13 bits per heavy atom. The van der Waals surface area contributed by atoms with E-state index in [0.29, 0.717) is 6.29 Å². The van der Waals surface area contributed by atoms with Crippen LogP contribution in [0.5, 0.6) is 0 Å². The van der Waals surface area contributed by atoms with Crippen molar-refractivity contribution in [3.05, 3.63) is 0 Å². The summed E-state index contributed by atoms with van der Waals surface area (Å²) in [7, 11) is 4.46. The molecule has 0 saturated carbocycles. The molecule has 0 aromatic rings. The van der Waals surface area contributed by atoms with Gasteiger partial charge >= 0.3 is 0 Å². The van der Waals surface area contributed by atoms with Gasteiger partial charge in [-0.2, -0.15) is 0 Å². The Labute approximate surface area is 88.6 Å². The van der Waals surface area contributed by atoms with Crippen LogP contribution in [0.2, 0.25) is 0 Å². The number of hydrogen-bond acceptors (Lipinski definition) is 6. The average molecular weight is 219 g/mol. The lowest BCUT2D eigenvalue weighted by Crippen LogP contribution is -2.63. The molecular formula is C9H17NO5. The molecule has 1 heterocycles. The van der Waals surface area contributed by atoms with Crippen molar-refractivity contribution in [2.75, 3.05) is 21.3 Å². The number of rotatable bonds is 4. The molecule has 1 aliphatic heterocycles. The van der Waals surface area contributed by atoms with Crippen LogP contribution in [0.4, 0.5) is 0 Å². The van der Waals surface area contributed by atoms with E-state index in [4.69, 9.17) is 24.7 Å². The Hall–Kier alpha value is -0.530. The Morgan fingerprint density at radius 2 is 1.73 bits per heavy atom. The van der Waals surface area contributed by atoms with E-state index in [9.17, 15) is 4.79 Å². The maximum atomic E-state index is 10.8. The molecule has 0 aromatic heterocycles. The van der Waals surface area contributed by atoms with Gasteiger partial charge in [-0.3, -0.25) is 0 Å². The molecule has 1 saturated heterocycles. The van der Waals surface area contributed by atoms with Crippen molar-refractivity contribution in [3.63, 3.8) is 0 Å². The first-order chi connectivity index (χ1) is 7.19. The van der Waals surface area contributed by atoms with Gasteiger partial charge in [-0.05, 0) is 0 Å². The van der Waals surface area contributed by atoms with E-state index in [1.165, 1.54) is 21.3 Å². The quantitative estimate of drug-likeness (QED) is 0.605. The summed E-state index contributed by atoms with van der Waals surface area (Å²) in [6.45, 7) is 0. The molecule has 15 heavy (non-hydrogen) atoms. The molecule has 88 valence electrons. The highest BCUT2D eigenvalue weighted by molar-refractivity contribution is 5.57. The van der Waals surface area contributed by atoms with E-state index < -0.39 is 30.6 Å². The van der Waals surface area contributed by atoms with Crippen molar-refractivity contribution in [2.45, 2.75) is 30.6 Å². The summed E-state index contributed by atoms with van der Waals surface area (Å²) in [6.07, 6.45) is -1.64. The van der Waals surface area contributed by atoms with Crippen molar-refractivity contribution in [3.8, 4) is 0 Å². The van der Waals surface area contributed by atoms with Crippen LogP contribution in [-0.2, 0) is 23.7 Å². The van der Waals surface area contributed by atoms with Crippen LogP contribution in [0.25, 0.3) is 0 Å². The predicted octanol–water partition coefficient (Wildman–Crippen LogP) is -1.09. The van der Waals surface area contributed by atoms with Gasteiger partial charge in [0.25, 0.3) is 0 Å². The molecule has 0 amide bonds. The fourth-order valence-corrected chi connectivity index (χ4v) is 1.77. The molecule has 0 aromatic carbocycles. The average Bonchev–Trinajstić information content (AvgIpc) is 2.28. The van der Waals surface area contributed by atoms with Crippen molar-refractivity contribution in [1.29, 1.82) is 0 Å². The number of carbonyl (C=O) groups is 1. The number of carbonyl (C=O) groups excluding carboxylic acids is 1. The summed E-state index contributed by atoms with van der Waals surface area (Å²) >= 11 is 0. The zero-order valence-corrected chi connectivity index (χ0v) is 9.08. The second-order valence-electron chi connectivity index (χ2n) is 3.32. The second kappa shape index (κ2) is 5.53. The third-order valence-electron chi connectivity index (χ3n) is 2.54. The molecule has 6 nitrogen and oxygen atoms in total. The first-order valence-corrected chi connectivity index (χ1v) is 4.64. The van der Waals surface area contributed by atoms with Crippen LogP contribution in [0.15, 0.2) is 0 Å². The maximum absolute atomic E-state index is 10.8. The van der Waals surface area contributed by atoms with Crippen LogP contribution in [0.1, 0.15) is 0 Å². The predicted molar refractivity (Wildman–Crippen MR) is 51.3 cm³/mol. The summed E-state index contributed by atoms with van der Waals surface area (Å²) in [5.74, 6) is 0. The zero-order valence-electron chi connectivity index (χ0n) is 9.08. The van der Waals surface area contributed by atoms with Gasteiger partial charge in [-0.1, -0.05) is 0 Å². The standard InChI is InChI=1S/C9H17NO5/c1-12-7-5(4-11)15-9(14-3)6(10)8(7)13-2/h4-9H,10H2,1-3H3. The number of ether oxygens (including phenoxy) is 4. The smallest absolute Gasteiger partial charge is 0.175 e. The van der Waals surface area contributed by atoms with Crippen LogP contribution in [0, 0.1) is 0 Å².